The van der Waals surface area contributed by atoms with Gasteiger partial charge in [-0.05, 0) is 26.2 Å². The van der Waals surface area contributed by atoms with Gasteiger partial charge in [0.1, 0.15) is 0 Å². The molecule has 1 aliphatic heterocycles. The van der Waals surface area contributed by atoms with E-state index < -0.39 is 24.1 Å². The molecule has 20 heavy (non-hydrogen) atoms. The van der Waals surface area contributed by atoms with Crippen LogP contribution in [0, 0.1) is 17.8 Å². The smallest absolute Gasteiger partial charge is 0.392 e. The molecule has 0 spiro atoms. The predicted molar refractivity (Wildman–Crippen MR) is 67.9 cm³/mol. The van der Waals surface area contributed by atoms with Gasteiger partial charge in [0.25, 0.3) is 0 Å². The van der Waals surface area contributed by atoms with E-state index in [4.69, 9.17) is 0 Å². The zero-order chi connectivity index (χ0) is 14.9. The first-order chi connectivity index (χ1) is 9.30. The molecule has 1 aliphatic carbocycles. The zero-order valence-electron chi connectivity index (χ0n) is 11.7. The third-order valence-corrected chi connectivity index (χ3v) is 4.72. The van der Waals surface area contributed by atoms with E-state index in [-0.39, 0.29) is 18.2 Å². The molecule has 1 amide bonds. The lowest BCUT2D eigenvalue weighted by Crippen LogP contribution is -2.44. The van der Waals surface area contributed by atoms with Crippen molar-refractivity contribution in [2.45, 2.75) is 51.3 Å². The second-order valence-corrected chi connectivity index (χ2v) is 6.11. The average molecular weight is 293 g/mol. The summed E-state index contributed by atoms with van der Waals surface area (Å²) in [5.74, 6) is -2.78. The Bertz CT molecular complexity index is 357. The molecule has 2 fully saturated rings. The van der Waals surface area contributed by atoms with E-state index >= 15 is 0 Å². The monoisotopic (exact) mass is 293 g/mol. The maximum atomic E-state index is 13.0. The van der Waals surface area contributed by atoms with Crippen LogP contribution in [-0.4, -0.2) is 41.3 Å². The Morgan fingerprint density at radius 3 is 2.45 bits per heavy atom. The summed E-state index contributed by atoms with van der Waals surface area (Å²) in [5.41, 5.74) is 0. The van der Waals surface area contributed by atoms with Crippen LogP contribution in [0.15, 0.2) is 0 Å². The lowest BCUT2D eigenvalue weighted by Gasteiger charge is -2.34. The lowest BCUT2D eigenvalue weighted by atomic mass is 9.78. The molecule has 1 saturated heterocycles. The van der Waals surface area contributed by atoms with E-state index in [9.17, 15) is 23.1 Å². The molecule has 4 unspecified atom stereocenters. The zero-order valence-corrected chi connectivity index (χ0v) is 11.7. The fourth-order valence-electron chi connectivity index (χ4n) is 3.43. The molecular weight excluding hydrogens is 271 g/mol. The third kappa shape index (κ3) is 3.27. The normalized spacial score (nSPS) is 33.2. The Kier molecular flexibility index (Phi) is 4.62. The average Bonchev–Trinajstić information content (AvgIpc) is 2.86. The van der Waals surface area contributed by atoms with Gasteiger partial charge in [-0.2, -0.15) is 13.2 Å². The molecule has 0 bridgehead atoms. The lowest BCUT2D eigenvalue weighted by molar-refractivity contribution is -0.200. The van der Waals surface area contributed by atoms with Crippen LogP contribution in [-0.2, 0) is 4.79 Å². The number of likely N-dealkylation sites (tertiary alicyclic amines) is 1. The number of carbonyl (C=O) groups is 1. The van der Waals surface area contributed by atoms with Gasteiger partial charge in [0.2, 0.25) is 5.91 Å². The minimum Gasteiger partial charge on any atom is -0.393 e. The van der Waals surface area contributed by atoms with Crippen LogP contribution in [0.3, 0.4) is 0 Å². The molecule has 2 rings (SSSR count). The van der Waals surface area contributed by atoms with Gasteiger partial charge in [-0.1, -0.05) is 12.8 Å². The van der Waals surface area contributed by atoms with Crippen molar-refractivity contribution in [3.05, 3.63) is 0 Å². The number of hydrogen-bond donors (Lipinski definition) is 1. The number of hydrogen-bond acceptors (Lipinski definition) is 2. The highest BCUT2D eigenvalue weighted by molar-refractivity contribution is 5.79. The van der Waals surface area contributed by atoms with Crippen molar-refractivity contribution in [2.75, 3.05) is 13.1 Å². The van der Waals surface area contributed by atoms with E-state index in [0.29, 0.717) is 38.8 Å². The summed E-state index contributed by atoms with van der Waals surface area (Å²) in [6.45, 7) is 2.52. The van der Waals surface area contributed by atoms with Crippen LogP contribution < -0.4 is 0 Å². The minimum absolute atomic E-state index is 0.00752. The summed E-state index contributed by atoms with van der Waals surface area (Å²) >= 11 is 0. The van der Waals surface area contributed by atoms with Gasteiger partial charge in [0.15, 0.2) is 0 Å². The molecule has 1 N–H and O–H groups in total. The van der Waals surface area contributed by atoms with Gasteiger partial charge in [0, 0.05) is 24.9 Å². The highest BCUT2D eigenvalue weighted by Crippen LogP contribution is 2.42. The second kappa shape index (κ2) is 5.92. The standard InChI is InChI=1S/C14H22F3NO2/c1-9(19)10-6-7-18(8-10)13(20)11-4-2-3-5-12(11)14(15,16)17/h9-12,19H,2-8H2,1H3. The topological polar surface area (TPSA) is 40.5 Å². The Morgan fingerprint density at radius 1 is 1.25 bits per heavy atom. The summed E-state index contributed by atoms with van der Waals surface area (Å²) < 4.78 is 39.1. The second-order valence-electron chi connectivity index (χ2n) is 6.11. The summed E-state index contributed by atoms with van der Waals surface area (Å²) in [4.78, 5) is 13.9. The van der Waals surface area contributed by atoms with E-state index in [0.717, 1.165) is 0 Å². The van der Waals surface area contributed by atoms with Crippen LogP contribution in [0.5, 0.6) is 0 Å². The molecule has 0 aromatic carbocycles. The van der Waals surface area contributed by atoms with E-state index in [1.165, 1.54) is 4.90 Å². The highest BCUT2D eigenvalue weighted by Gasteiger charge is 2.49. The van der Waals surface area contributed by atoms with Gasteiger partial charge < -0.3 is 10.0 Å². The molecule has 0 aromatic rings. The first-order valence-electron chi connectivity index (χ1n) is 7.34. The Labute approximate surface area is 117 Å². The predicted octanol–water partition coefficient (Wildman–Crippen LogP) is 2.58. The van der Waals surface area contributed by atoms with Crippen molar-refractivity contribution in [3.8, 4) is 0 Å². The van der Waals surface area contributed by atoms with Crippen molar-refractivity contribution in [1.82, 2.24) is 4.90 Å². The molecular formula is C14H22F3NO2. The number of halogens is 3. The van der Waals surface area contributed by atoms with Crippen LogP contribution in [0.1, 0.15) is 39.0 Å². The SMILES string of the molecule is CC(O)C1CCN(C(=O)C2CCCCC2C(F)(F)F)C1. The van der Waals surface area contributed by atoms with Crippen molar-refractivity contribution >= 4 is 5.91 Å². The van der Waals surface area contributed by atoms with Crippen LogP contribution in [0.2, 0.25) is 0 Å². The van der Waals surface area contributed by atoms with Crippen molar-refractivity contribution < 1.29 is 23.1 Å². The van der Waals surface area contributed by atoms with Crippen molar-refractivity contribution in [2.24, 2.45) is 17.8 Å². The maximum Gasteiger partial charge on any atom is 0.392 e. The molecule has 0 radical (unpaired) electrons. The maximum absolute atomic E-state index is 13.0. The fraction of sp³-hybridized carbons (Fsp3) is 0.929. The van der Waals surface area contributed by atoms with E-state index in [2.05, 4.69) is 0 Å². The van der Waals surface area contributed by atoms with Crippen molar-refractivity contribution in [3.63, 3.8) is 0 Å². The number of rotatable bonds is 2. The van der Waals surface area contributed by atoms with Crippen LogP contribution >= 0.6 is 0 Å². The summed E-state index contributed by atoms with van der Waals surface area (Å²) in [5, 5.41) is 9.53. The van der Waals surface area contributed by atoms with E-state index in [1.807, 2.05) is 0 Å². The number of alkyl halides is 3. The van der Waals surface area contributed by atoms with Gasteiger partial charge in [-0.25, -0.2) is 0 Å². The number of amides is 1. The fourth-order valence-corrected chi connectivity index (χ4v) is 3.43. The Morgan fingerprint density at radius 2 is 1.90 bits per heavy atom. The molecule has 0 aromatic heterocycles. The molecule has 4 atom stereocenters. The first-order valence-corrected chi connectivity index (χ1v) is 7.34. The number of carbonyl (C=O) groups excluding carboxylic acids is 1. The van der Waals surface area contributed by atoms with Crippen LogP contribution in [0.4, 0.5) is 13.2 Å². The number of nitrogens with zero attached hydrogens (tertiary/aromatic N) is 1. The minimum atomic E-state index is -4.29. The number of aliphatic hydroxyl groups excluding tert-OH is 1. The van der Waals surface area contributed by atoms with Gasteiger partial charge in [-0.3, -0.25) is 4.79 Å². The molecule has 3 nitrogen and oxygen atoms in total. The summed E-state index contributed by atoms with van der Waals surface area (Å²) in [6, 6.07) is 0. The quantitative estimate of drug-likeness (QED) is 0.850. The molecule has 1 heterocycles. The Balaban J connectivity index is 2.04. The third-order valence-electron chi connectivity index (χ3n) is 4.72. The summed E-state index contributed by atoms with van der Waals surface area (Å²) in [6.07, 6.45) is -2.50. The van der Waals surface area contributed by atoms with Gasteiger partial charge >= 0.3 is 6.18 Å². The van der Waals surface area contributed by atoms with Gasteiger partial charge in [-0.15, -0.1) is 0 Å². The number of aliphatic hydroxyl groups is 1. The Hall–Kier alpha value is -0.780. The van der Waals surface area contributed by atoms with Crippen molar-refractivity contribution in [1.29, 1.82) is 0 Å². The molecule has 6 heteroatoms. The van der Waals surface area contributed by atoms with Crippen LogP contribution in [0.25, 0.3) is 0 Å². The van der Waals surface area contributed by atoms with E-state index in [1.54, 1.807) is 6.92 Å². The largest absolute Gasteiger partial charge is 0.393 e. The highest BCUT2D eigenvalue weighted by atomic mass is 19.4. The van der Waals surface area contributed by atoms with Gasteiger partial charge in [0.05, 0.1) is 12.0 Å². The molecule has 2 aliphatic rings. The summed E-state index contributed by atoms with van der Waals surface area (Å²) in [7, 11) is 0. The first kappa shape index (κ1) is 15.6. The molecule has 1 saturated carbocycles. The molecule has 116 valence electrons.